The molecule has 0 unspecified atom stereocenters. The van der Waals surface area contributed by atoms with E-state index in [0.717, 1.165) is 17.7 Å². The third-order valence-corrected chi connectivity index (χ3v) is 2.67. The van der Waals surface area contributed by atoms with E-state index in [1.807, 2.05) is 38.1 Å². The largest absolute Gasteiger partial charge is 0.491 e. The average molecular weight is 271 g/mol. The number of benzene rings is 1. The average Bonchev–Trinajstić information content (AvgIpc) is 2.88. The van der Waals surface area contributed by atoms with Gasteiger partial charge >= 0.3 is 0 Å². The van der Waals surface area contributed by atoms with Crippen LogP contribution < -0.4 is 4.74 Å². The van der Waals surface area contributed by atoms with E-state index in [0.29, 0.717) is 18.8 Å². The minimum Gasteiger partial charge on any atom is -0.491 e. The Hall–Kier alpha value is -2.42. The molecule has 1 heterocycles. The normalized spacial score (nSPS) is 10.5. The van der Waals surface area contributed by atoms with Crippen LogP contribution >= 0.6 is 0 Å². The van der Waals surface area contributed by atoms with Crippen molar-refractivity contribution >= 4 is 0 Å². The molecule has 0 aliphatic carbocycles. The monoisotopic (exact) mass is 271 g/mol. The van der Waals surface area contributed by atoms with Crippen LogP contribution in [0.2, 0.25) is 0 Å². The number of unbranched alkanes of at least 4 members (excludes halogenated alkanes) is 1. The van der Waals surface area contributed by atoms with E-state index in [2.05, 4.69) is 21.6 Å². The fourth-order valence-electron chi connectivity index (χ4n) is 1.82. The number of hydrogen-bond acceptors (Lipinski definition) is 5. The predicted molar refractivity (Wildman–Crippen MR) is 73.9 cm³/mol. The first kappa shape index (κ1) is 14.0. The second kappa shape index (κ2) is 6.66. The van der Waals surface area contributed by atoms with Gasteiger partial charge in [0.2, 0.25) is 0 Å². The Bertz CT molecular complexity index is 582. The quantitative estimate of drug-likeness (QED) is 0.754. The molecule has 0 saturated carbocycles. The van der Waals surface area contributed by atoms with Crippen molar-refractivity contribution in [2.24, 2.45) is 0 Å². The van der Waals surface area contributed by atoms with Crippen LogP contribution in [-0.2, 0) is 6.54 Å². The van der Waals surface area contributed by atoms with Crippen molar-refractivity contribution in [1.82, 2.24) is 20.2 Å². The molecule has 2 aromatic rings. The van der Waals surface area contributed by atoms with Crippen molar-refractivity contribution in [1.29, 1.82) is 5.26 Å². The van der Waals surface area contributed by atoms with Gasteiger partial charge < -0.3 is 4.74 Å². The zero-order valence-electron chi connectivity index (χ0n) is 11.7. The van der Waals surface area contributed by atoms with Crippen molar-refractivity contribution in [2.45, 2.75) is 39.3 Å². The van der Waals surface area contributed by atoms with Crippen molar-refractivity contribution in [3.05, 3.63) is 24.3 Å². The molecule has 1 aromatic carbocycles. The summed E-state index contributed by atoms with van der Waals surface area (Å²) in [6.07, 6.45) is 1.39. The fraction of sp³-hybridized carbons (Fsp3) is 0.429. The maximum Gasteiger partial charge on any atom is 0.182 e. The minimum atomic E-state index is 0.150. The lowest BCUT2D eigenvalue weighted by Crippen LogP contribution is -2.05. The van der Waals surface area contributed by atoms with Gasteiger partial charge in [0, 0.05) is 18.5 Å². The summed E-state index contributed by atoms with van der Waals surface area (Å²) in [5.74, 6) is 1.53. The number of hydrogen-bond donors (Lipinski definition) is 0. The summed E-state index contributed by atoms with van der Waals surface area (Å²) in [6, 6.07) is 9.80. The van der Waals surface area contributed by atoms with Gasteiger partial charge in [0.05, 0.1) is 12.2 Å². The van der Waals surface area contributed by atoms with E-state index < -0.39 is 0 Å². The van der Waals surface area contributed by atoms with E-state index in [1.54, 1.807) is 4.68 Å². The molecule has 0 N–H and O–H groups in total. The SMILES string of the molecule is CC(C)Oc1ccc(-c2nnnn2CCCC#N)cc1. The predicted octanol–water partition coefficient (Wildman–Crippen LogP) is 2.43. The van der Waals surface area contributed by atoms with Crippen LogP contribution in [0, 0.1) is 11.3 Å². The van der Waals surface area contributed by atoms with E-state index in [1.165, 1.54) is 0 Å². The Kier molecular flexibility index (Phi) is 4.66. The summed E-state index contributed by atoms with van der Waals surface area (Å²) in [4.78, 5) is 0. The maximum atomic E-state index is 8.56. The first-order valence-electron chi connectivity index (χ1n) is 6.61. The lowest BCUT2D eigenvalue weighted by Gasteiger charge is -2.10. The van der Waals surface area contributed by atoms with E-state index >= 15 is 0 Å². The number of rotatable bonds is 6. The smallest absolute Gasteiger partial charge is 0.182 e. The Balaban J connectivity index is 2.11. The summed E-state index contributed by atoms with van der Waals surface area (Å²) in [5, 5.41) is 20.2. The number of aromatic nitrogens is 4. The van der Waals surface area contributed by atoms with Crippen LogP contribution in [0.4, 0.5) is 0 Å². The van der Waals surface area contributed by atoms with Crippen LogP contribution in [-0.4, -0.2) is 26.3 Å². The van der Waals surface area contributed by atoms with Gasteiger partial charge in [0.25, 0.3) is 0 Å². The van der Waals surface area contributed by atoms with Gasteiger partial charge in [-0.25, -0.2) is 4.68 Å². The molecule has 20 heavy (non-hydrogen) atoms. The third-order valence-electron chi connectivity index (χ3n) is 2.67. The molecule has 0 aliphatic heterocycles. The van der Waals surface area contributed by atoms with Gasteiger partial charge in [-0.15, -0.1) is 5.10 Å². The van der Waals surface area contributed by atoms with Gasteiger partial charge in [0.1, 0.15) is 5.75 Å². The van der Waals surface area contributed by atoms with Gasteiger partial charge in [-0.2, -0.15) is 5.26 Å². The van der Waals surface area contributed by atoms with E-state index in [4.69, 9.17) is 10.00 Å². The van der Waals surface area contributed by atoms with Crippen molar-refractivity contribution in [2.75, 3.05) is 0 Å². The molecule has 0 spiro atoms. The minimum absolute atomic E-state index is 0.150. The topological polar surface area (TPSA) is 76.6 Å². The Labute approximate surface area is 118 Å². The lowest BCUT2D eigenvalue weighted by molar-refractivity contribution is 0.242. The van der Waals surface area contributed by atoms with Crippen molar-refractivity contribution in [3.8, 4) is 23.2 Å². The number of nitriles is 1. The number of tetrazole rings is 1. The first-order valence-corrected chi connectivity index (χ1v) is 6.61. The zero-order valence-corrected chi connectivity index (χ0v) is 11.7. The highest BCUT2D eigenvalue weighted by Crippen LogP contribution is 2.21. The van der Waals surface area contributed by atoms with Crippen LogP contribution in [0.5, 0.6) is 5.75 Å². The van der Waals surface area contributed by atoms with Crippen LogP contribution in [0.1, 0.15) is 26.7 Å². The Morgan fingerprint density at radius 2 is 2.05 bits per heavy atom. The van der Waals surface area contributed by atoms with Gasteiger partial charge in [-0.1, -0.05) is 0 Å². The molecule has 104 valence electrons. The molecule has 0 aliphatic rings. The molecule has 0 radical (unpaired) electrons. The summed E-state index contributed by atoms with van der Waals surface area (Å²) >= 11 is 0. The van der Waals surface area contributed by atoms with E-state index in [-0.39, 0.29) is 6.10 Å². The molecule has 2 rings (SSSR count). The molecule has 6 nitrogen and oxygen atoms in total. The van der Waals surface area contributed by atoms with Crippen LogP contribution in [0.15, 0.2) is 24.3 Å². The molecule has 0 amide bonds. The van der Waals surface area contributed by atoms with Gasteiger partial charge in [-0.05, 0) is 55.0 Å². The highest BCUT2D eigenvalue weighted by atomic mass is 16.5. The zero-order chi connectivity index (χ0) is 14.4. The third kappa shape index (κ3) is 3.54. The van der Waals surface area contributed by atoms with Gasteiger partial charge in [-0.3, -0.25) is 0 Å². The standard InChI is InChI=1S/C14H17N5O/c1-11(2)20-13-7-5-12(6-8-13)14-16-17-18-19(14)10-4-3-9-15/h5-8,11H,3-4,10H2,1-2H3. The van der Waals surface area contributed by atoms with Crippen molar-refractivity contribution in [3.63, 3.8) is 0 Å². The molecule has 0 bridgehead atoms. The number of nitrogens with zero attached hydrogens (tertiary/aromatic N) is 5. The fourth-order valence-corrected chi connectivity index (χ4v) is 1.82. The summed E-state index contributed by atoms with van der Waals surface area (Å²) in [6.45, 7) is 4.62. The van der Waals surface area contributed by atoms with Gasteiger partial charge in [0.15, 0.2) is 5.82 Å². The summed E-state index contributed by atoms with van der Waals surface area (Å²) < 4.78 is 7.32. The highest BCUT2D eigenvalue weighted by molar-refractivity contribution is 5.55. The second-order valence-corrected chi connectivity index (χ2v) is 4.68. The lowest BCUT2D eigenvalue weighted by atomic mass is 10.2. The maximum absolute atomic E-state index is 8.56. The molecule has 0 fully saturated rings. The molecule has 0 atom stereocenters. The summed E-state index contributed by atoms with van der Waals surface area (Å²) in [7, 11) is 0. The Morgan fingerprint density at radius 1 is 1.30 bits per heavy atom. The highest BCUT2D eigenvalue weighted by Gasteiger charge is 2.09. The molecular weight excluding hydrogens is 254 g/mol. The van der Waals surface area contributed by atoms with Crippen molar-refractivity contribution < 1.29 is 4.74 Å². The second-order valence-electron chi connectivity index (χ2n) is 4.68. The molecule has 1 aromatic heterocycles. The number of ether oxygens (including phenoxy) is 1. The number of aryl methyl sites for hydroxylation is 1. The van der Waals surface area contributed by atoms with Crippen LogP contribution in [0.25, 0.3) is 11.4 Å². The van der Waals surface area contributed by atoms with Crippen LogP contribution in [0.3, 0.4) is 0 Å². The molecular formula is C14H17N5O. The first-order chi connectivity index (χ1) is 9.70. The summed E-state index contributed by atoms with van der Waals surface area (Å²) in [5.41, 5.74) is 0.933. The Morgan fingerprint density at radius 3 is 2.70 bits per heavy atom. The van der Waals surface area contributed by atoms with E-state index in [9.17, 15) is 0 Å². The molecule has 6 heteroatoms. The molecule has 0 saturated heterocycles.